The minimum atomic E-state index is -0.330. The number of nitrogens with zero attached hydrogens (tertiary/aromatic N) is 2. The topological polar surface area (TPSA) is 68.2 Å². The van der Waals surface area contributed by atoms with Crippen LogP contribution in [0.2, 0.25) is 0 Å². The summed E-state index contributed by atoms with van der Waals surface area (Å²) in [6.07, 6.45) is 5.97. The number of ether oxygens (including phenoxy) is 1. The molecule has 0 aliphatic heterocycles. The molecule has 2 heterocycles. The number of pyridine rings is 1. The Balaban J connectivity index is 1.39. The number of hydrogen-bond acceptors (Lipinski definition) is 3. The molecule has 0 unspecified atom stereocenters. The van der Waals surface area contributed by atoms with E-state index in [-0.39, 0.29) is 11.4 Å². The highest BCUT2D eigenvalue weighted by Crippen LogP contribution is 2.34. The molecule has 2 aromatic heterocycles. The molecule has 5 aromatic rings. The third-order valence-electron chi connectivity index (χ3n) is 6.63. The number of carbonyl (C=O) groups excluding carboxylic acids is 1. The van der Waals surface area contributed by atoms with Crippen LogP contribution in [-0.4, -0.2) is 22.7 Å². The van der Waals surface area contributed by atoms with Crippen LogP contribution in [0.15, 0.2) is 97.5 Å². The molecular weight excluding hydrogens is 472 g/mol. The van der Waals surface area contributed by atoms with Crippen molar-refractivity contribution in [2.75, 3.05) is 17.7 Å². The van der Waals surface area contributed by atoms with Crippen LogP contribution in [0.3, 0.4) is 0 Å². The first-order chi connectivity index (χ1) is 18.3. The Bertz CT molecular complexity index is 1570. The average molecular weight is 505 g/mol. The van der Waals surface area contributed by atoms with Gasteiger partial charge < -0.3 is 19.9 Å². The molecule has 0 fully saturated rings. The van der Waals surface area contributed by atoms with E-state index in [2.05, 4.69) is 59.2 Å². The molecule has 192 valence electrons. The van der Waals surface area contributed by atoms with Crippen LogP contribution in [0.1, 0.15) is 32.0 Å². The minimum absolute atomic E-state index is 0.0550. The van der Waals surface area contributed by atoms with E-state index in [9.17, 15) is 4.79 Å². The number of amides is 2. The van der Waals surface area contributed by atoms with Crippen molar-refractivity contribution >= 4 is 28.2 Å². The van der Waals surface area contributed by atoms with Crippen molar-refractivity contribution in [3.63, 3.8) is 0 Å². The highest BCUT2D eigenvalue weighted by atomic mass is 16.5. The fourth-order valence-electron chi connectivity index (χ4n) is 4.55. The van der Waals surface area contributed by atoms with Gasteiger partial charge in [-0.1, -0.05) is 63.2 Å². The molecule has 2 amide bonds. The molecule has 3 aromatic carbocycles. The molecule has 38 heavy (non-hydrogen) atoms. The molecule has 0 saturated heterocycles. The SMILES string of the molecule is COc1ccc(C(C)(C)C)cc1NC(=O)Nc1ccc(-c2ccc(Cn3cccc3)nc2)c2ccccc12. The van der Waals surface area contributed by atoms with Crippen molar-refractivity contribution in [3.05, 3.63) is 109 Å². The monoisotopic (exact) mass is 504 g/mol. The molecule has 6 heteroatoms. The van der Waals surface area contributed by atoms with Crippen molar-refractivity contribution in [2.45, 2.75) is 32.7 Å². The number of benzene rings is 3. The van der Waals surface area contributed by atoms with Crippen LogP contribution < -0.4 is 15.4 Å². The maximum atomic E-state index is 13.1. The molecule has 6 nitrogen and oxygen atoms in total. The Hall–Kier alpha value is -4.58. The Kier molecular flexibility index (Phi) is 6.88. The molecule has 5 rings (SSSR count). The summed E-state index contributed by atoms with van der Waals surface area (Å²) in [5, 5.41) is 7.99. The van der Waals surface area contributed by atoms with E-state index in [1.54, 1.807) is 7.11 Å². The number of carbonyl (C=O) groups is 1. The van der Waals surface area contributed by atoms with E-state index < -0.39 is 0 Å². The number of aromatic nitrogens is 2. The smallest absolute Gasteiger partial charge is 0.323 e. The third kappa shape index (κ3) is 5.39. The van der Waals surface area contributed by atoms with E-state index in [0.717, 1.165) is 45.4 Å². The number of urea groups is 1. The lowest BCUT2D eigenvalue weighted by molar-refractivity contribution is 0.262. The van der Waals surface area contributed by atoms with Gasteiger partial charge in [0.25, 0.3) is 0 Å². The summed E-state index contributed by atoms with van der Waals surface area (Å²) in [4.78, 5) is 17.8. The summed E-state index contributed by atoms with van der Waals surface area (Å²) in [6, 6.07) is 25.8. The van der Waals surface area contributed by atoms with Crippen molar-refractivity contribution in [1.82, 2.24) is 9.55 Å². The predicted octanol–water partition coefficient (Wildman–Crippen LogP) is 7.70. The van der Waals surface area contributed by atoms with Gasteiger partial charge in [-0.05, 0) is 58.3 Å². The summed E-state index contributed by atoms with van der Waals surface area (Å²) in [7, 11) is 1.60. The maximum Gasteiger partial charge on any atom is 0.323 e. The van der Waals surface area contributed by atoms with Gasteiger partial charge in [0, 0.05) is 29.5 Å². The highest BCUT2D eigenvalue weighted by molar-refractivity contribution is 6.10. The zero-order valence-electron chi connectivity index (χ0n) is 22.2. The second-order valence-corrected chi connectivity index (χ2v) is 10.3. The van der Waals surface area contributed by atoms with Crippen molar-refractivity contribution in [2.24, 2.45) is 0 Å². The maximum absolute atomic E-state index is 13.1. The van der Waals surface area contributed by atoms with Crippen molar-refractivity contribution < 1.29 is 9.53 Å². The van der Waals surface area contributed by atoms with E-state index in [0.29, 0.717) is 11.4 Å². The standard InChI is InChI=1S/C32H32N4O2/c1-32(2,3)23-12-16-30(38-4)29(19-23)35-31(37)34-28-15-14-25(26-9-5-6-10-27(26)28)22-11-13-24(33-20-22)21-36-17-7-8-18-36/h5-20H,21H2,1-4H3,(H2,34,35,37). The lowest BCUT2D eigenvalue weighted by Gasteiger charge is -2.21. The Labute approximate surface area is 223 Å². The second-order valence-electron chi connectivity index (χ2n) is 10.3. The van der Waals surface area contributed by atoms with Gasteiger partial charge in [0.05, 0.1) is 30.7 Å². The molecule has 0 aliphatic carbocycles. The van der Waals surface area contributed by atoms with Crippen LogP contribution in [0.5, 0.6) is 5.75 Å². The van der Waals surface area contributed by atoms with Gasteiger partial charge in [-0.3, -0.25) is 4.98 Å². The van der Waals surface area contributed by atoms with E-state index in [4.69, 9.17) is 4.74 Å². The quantitative estimate of drug-likeness (QED) is 0.249. The molecular formula is C32H32N4O2. The lowest BCUT2D eigenvalue weighted by atomic mass is 9.87. The van der Waals surface area contributed by atoms with Crippen LogP contribution in [0.25, 0.3) is 21.9 Å². The Morgan fingerprint density at radius 3 is 2.29 bits per heavy atom. The van der Waals surface area contributed by atoms with Crippen LogP contribution in [0.4, 0.5) is 16.2 Å². The fraction of sp³-hybridized carbons (Fsp3) is 0.188. The zero-order valence-corrected chi connectivity index (χ0v) is 22.2. The fourth-order valence-corrected chi connectivity index (χ4v) is 4.55. The Morgan fingerprint density at radius 1 is 0.868 bits per heavy atom. The molecule has 0 radical (unpaired) electrons. The first-order valence-electron chi connectivity index (χ1n) is 12.7. The van der Waals surface area contributed by atoms with E-state index in [1.165, 1.54) is 0 Å². The summed E-state index contributed by atoms with van der Waals surface area (Å²) >= 11 is 0. The number of nitrogens with one attached hydrogen (secondary N) is 2. The third-order valence-corrected chi connectivity index (χ3v) is 6.63. The van der Waals surface area contributed by atoms with E-state index >= 15 is 0 Å². The number of fused-ring (bicyclic) bond motifs is 1. The van der Waals surface area contributed by atoms with Gasteiger partial charge in [-0.2, -0.15) is 0 Å². The normalized spacial score (nSPS) is 11.4. The van der Waals surface area contributed by atoms with Crippen LogP contribution in [0, 0.1) is 0 Å². The molecule has 0 bridgehead atoms. The van der Waals surface area contributed by atoms with E-state index in [1.807, 2.05) is 79.3 Å². The summed E-state index contributed by atoms with van der Waals surface area (Å²) < 4.78 is 7.58. The van der Waals surface area contributed by atoms with Crippen LogP contribution >= 0.6 is 0 Å². The van der Waals surface area contributed by atoms with Crippen molar-refractivity contribution in [1.29, 1.82) is 0 Å². The molecule has 0 spiro atoms. The van der Waals surface area contributed by atoms with Crippen LogP contribution in [-0.2, 0) is 12.0 Å². The molecule has 0 aliphatic rings. The largest absolute Gasteiger partial charge is 0.495 e. The molecule has 0 atom stereocenters. The first kappa shape index (κ1) is 25.1. The number of anilines is 2. The summed E-state index contributed by atoms with van der Waals surface area (Å²) in [5.74, 6) is 0.612. The number of hydrogen-bond donors (Lipinski definition) is 2. The predicted molar refractivity (Wildman–Crippen MR) is 155 cm³/mol. The molecule has 0 saturated carbocycles. The minimum Gasteiger partial charge on any atom is -0.495 e. The van der Waals surface area contributed by atoms with Gasteiger partial charge in [0.2, 0.25) is 0 Å². The Morgan fingerprint density at radius 2 is 1.61 bits per heavy atom. The van der Waals surface area contributed by atoms with Gasteiger partial charge >= 0.3 is 6.03 Å². The van der Waals surface area contributed by atoms with Gasteiger partial charge in [-0.25, -0.2) is 4.79 Å². The lowest BCUT2D eigenvalue weighted by Crippen LogP contribution is -2.21. The highest BCUT2D eigenvalue weighted by Gasteiger charge is 2.18. The zero-order chi connectivity index (χ0) is 26.7. The number of rotatable bonds is 6. The van der Waals surface area contributed by atoms with Gasteiger partial charge in [-0.15, -0.1) is 0 Å². The first-order valence-corrected chi connectivity index (χ1v) is 12.7. The van der Waals surface area contributed by atoms with Crippen molar-refractivity contribution in [3.8, 4) is 16.9 Å². The second kappa shape index (κ2) is 10.4. The number of methoxy groups -OCH3 is 1. The van der Waals surface area contributed by atoms with Gasteiger partial charge in [0.15, 0.2) is 0 Å². The average Bonchev–Trinajstić information content (AvgIpc) is 3.42. The molecule has 2 N–H and O–H groups in total. The van der Waals surface area contributed by atoms with Gasteiger partial charge in [0.1, 0.15) is 5.75 Å². The summed E-state index contributed by atoms with van der Waals surface area (Å²) in [5.41, 5.74) is 5.49. The summed E-state index contributed by atoms with van der Waals surface area (Å²) in [6.45, 7) is 7.14.